The average molecular weight is 429 g/mol. The van der Waals surface area contributed by atoms with Crippen molar-refractivity contribution in [1.82, 2.24) is 9.21 Å². The van der Waals surface area contributed by atoms with Gasteiger partial charge in [-0.25, -0.2) is 8.42 Å². The largest absolute Gasteiger partial charge is 0.337 e. The van der Waals surface area contributed by atoms with Crippen LogP contribution >= 0.6 is 0 Å². The van der Waals surface area contributed by atoms with Gasteiger partial charge in [-0.3, -0.25) is 14.9 Å². The lowest BCUT2D eigenvalue weighted by molar-refractivity contribution is -0.384. The summed E-state index contributed by atoms with van der Waals surface area (Å²) in [6.45, 7) is 4.61. The molecule has 0 atom stereocenters. The second-order valence-corrected chi connectivity index (χ2v) is 9.09. The molecule has 1 heterocycles. The van der Waals surface area contributed by atoms with Crippen molar-refractivity contribution in [2.75, 3.05) is 26.2 Å². The van der Waals surface area contributed by atoms with Gasteiger partial charge in [0, 0.05) is 44.4 Å². The third-order valence-corrected chi connectivity index (χ3v) is 7.05. The number of hydrogen-bond donors (Lipinski definition) is 0. The number of nitro benzene ring substituents is 1. The lowest BCUT2D eigenvalue weighted by Crippen LogP contribution is -2.50. The first-order valence-corrected chi connectivity index (χ1v) is 10.9. The van der Waals surface area contributed by atoms with Crippen LogP contribution in [0.15, 0.2) is 53.4 Å². The smallest absolute Gasteiger partial charge is 0.270 e. The van der Waals surface area contributed by atoms with Gasteiger partial charge in [0.1, 0.15) is 0 Å². The SMILES string of the molecule is Cc1ccc(C)c(S(=O)(=O)N2CCN(C(=O)/C=C/c3cccc([N+](=O)[O-])c3)CC2)c1. The molecule has 0 aromatic heterocycles. The monoisotopic (exact) mass is 429 g/mol. The van der Waals surface area contributed by atoms with E-state index in [-0.39, 0.29) is 37.8 Å². The summed E-state index contributed by atoms with van der Waals surface area (Å²) in [4.78, 5) is 24.7. The first kappa shape index (κ1) is 21.7. The second-order valence-electron chi connectivity index (χ2n) is 7.18. The Morgan fingerprint density at radius 3 is 2.43 bits per heavy atom. The van der Waals surface area contributed by atoms with Crippen molar-refractivity contribution in [3.8, 4) is 0 Å². The Hall–Kier alpha value is -3.04. The predicted molar refractivity (Wildman–Crippen MR) is 113 cm³/mol. The Morgan fingerprint density at radius 1 is 1.07 bits per heavy atom. The number of piperazine rings is 1. The van der Waals surface area contributed by atoms with Gasteiger partial charge in [0.15, 0.2) is 0 Å². The van der Waals surface area contributed by atoms with Crippen LogP contribution in [0.3, 0.4) is 0 Å². The van der Waals surface area contributed by atoms with Gasteiger partial charge < -0.3 is 4.90 Å². The van der Waals surface area contributed by atoms with E-state index in [1.807, 2.05) is 13.0 Å². The molecule has 0 unspecified atom stereocenters. The Bertz CT molecular complexity index is 1100. The summed E-state index contributed by atoms with van der Waals surface area (Å²) in [5, 5.41) is 10.8. The number of benzene rings is 2. The van der Waals surface area contributed by atoms with E-state index in [4.69, 9.17) is 0 Å². The van der Waals surface area contributed by atoms with Crippen molar-refractivity contribution in [2.45, 2.75) is 18.7 Å². The Balaban J connectivity index is 1.65. The van der Waals surface area contributed by atoms with Crippen molar-refractivity contribution in [1.29, 1.82) is 0 Å². The molecule has 1 fully saturated rings. The van der Waals surface area contributed by atoms with Crippen LogP contribution in [0.25, 0.3) is 6.08 Å². The molecule has 1 saturated heterocycles. The van der Waals surface area contributed by atoms with E-state index < -0.39 is 14.9 Å². The highest BCUT2D eigenvalue weighted by molar-refractivity contribution is 7.89. The zero-order valence-corrected chi connectivity index (χ0v) is 17.6. The molecule has 0 bridgehead atoms. The maximum atomic E-state index is 13.0. The van der Waals surface area contributed by atoms with E-state index in [0.717, 1.165) is 5.56 Å². The number of nitro groups is 1. The number of carbonyl (C=O) groups excluding carboxylic acids is 1. The highest BCUT2D eigenvalue weighted by atomic mass is 32.2. The van der Waals surface area contributed by atoms with Gasteiger partial charge in [0.25, 0.3) is 5.69 Å². The van der Waals surface area contributed by atoms with Crippen LogP contribution in [0, 0.1) is 24.0 Å². The molecular weight excluding hydrogens is 406 g/mol. The summed E-state index contributed by atoms with van der Waals surface area (Å²) in [7, 11) is -3.62. The van der Waals surface area contributed by atoms with Gasteiger partial charge in [0.2, 0.25) is 15.9 Å². The molecule has 8 nitrogen and oxygen atoms in total. The van der Waals surface area contributed by atoms with Crippen LogP contribution in [0.4, 0.5) is 5.69 Å². The number of non-ortho nitro benzene ring substituents is 1. The van der Waals surface area contributed by atoms with Gasteiger partial charge in [0.05, 0.1) is 9.82 Å². The quantitative estimate of drug-likeness (QED) is 0.413. The standard InChI is InChI=1S/C21H23N3O5S/c1-16-6-7-17(2)20(14-16)30(28,29)23-12-10-22(11-13-23)21(25)9-8-18-4-3-5-19(15-18)24(26)27/h3-9,14-15H,10-13H2,1-2H3/b9-8+. The number of nitrogens with zero attached hydrogens (tertiary/aromatic N) is 3. The fraction of sp³-hybridized carbons (Fsp3) is 0.286. The molecule has 0 spiro atoms. The molecule has 3 rings (SSSR count). The zero-order valence-electron chi connectivity index (χ0n) is 16.8. The molecule has 1 amide bonds. The summed E-state index contributed by atoms with van der Waals surface area (Å²) in [5.74, 6) is -0.259. The van der Waals surface area contributed by atoms with Crippen LogP contribution in [-0.4, -0.2) is 54.6 Å². The number of amides is 1. The molecule has 1 aliphatic rings. The van der Waals surface area contributed by atoms with Crippen LogP contribution in [0.1, 0.15) is 16.7 Å². The van der Waals surface area contributed by atoms with E-state index >= 15 is 0 Å². The van der Waals surface area contributed by atoms with Gasteiger partial charge in [-0.05, 0) is 42.7 Å². The van der Waals surface area contributed by atoms with Crippen LogP contribution in [0.2, 0.25) is 0 Å². The third-order valence-electron chi connectivity index (χ3n) is 5.01. The second kappa shape index (κ2) is 8.76. The average Bonchev–Trinajstić information content (AvgIpc) is 2.74. The third kappa shape index (κ3) is 4.74. The molecule has 0 radical (unpaired) electrons. The maximum absolute atomic E-state index is 13.0. The molecule has 0 aliphatic carbocycles. The van der Waals surface area contributed by atoms with Gasteiger partial charge in [-0.2, -0.15) is 4.31 Å². The zero-order chi connectivity index (χ0) is 21.9. The summed E-state index contributed by atoms with van der Waals surface area (Å²) < 4.78 is 27.4. The van der Waals surface area contributed by atoms with E-state index in [0.29, 0.717) is 16.0 Å². The minimum atomic E-state index is -3.62. The van der Waals surface area contributed by atoms with Crippen molar-refractivity contribution in [2.24, 2.45) is 0 Å². The van der Waals surface area contributed by atoms with Gasteiger partial charge in [-0.15, -0.1) is 0 Å². The number of sulfonamides is 1. The lowest BCUT2D eigenvalue weighted by Gasteiger charge is -2.33. The van der Waals surface area contributed by atoms with Crippen molar-refractivity contribution >= 4 is 27.7 Å². The fourth-order valence-corrected chi connectivity index (χ4v) is 5.02. The summed E-state index contributed by atoms with van der Waals surface area (Å²) in [6, 6.07) is 11.3. The fourth-order valence-electron chi connectivity index (χ4n) is 3.29. The molecule has 2 aromatic carbocycles. The highest BCUT2D eigenvalue weighted by Crippen LogP contribution is 2.22. The molecule has 30 heavy (non-hydrogen) atoms. The van der Waals surface area contributed by atoms with Crippen LogP contribution in [-0.2, 0) is 14.8 Å². The normalized spacial score (nSPS) is 15.5. The summed E-state index contributed by atoms with van der Waals surface area (Å²) in [6.07, 6.45) is 2.88. The number of rotatable bonds is 5. The molecular formula is C21H23N3O5S. The van der Waals surface area contributed by atoms with E-state index in [1.165, 1.54) is 28.6 Å². The van der Waals surface area contributed by atoms with Gasteiger partial charge in [-0.1, -0.05) is 24.3 Å². The van der Waals surface area contributed by atoms with E-state index in [2.05, 4.69) is 0 Å². The van der Waals surface area contributed by atoms with Crippen molar-refractivity contribution in [3.63, 3.8) is 0 Å². The predicted octanol–water partition coefficient (Wildman–Crippen LogP) is 2.76. The van der Waals surface area contributed by atoms with Crippen molar-refractivity contribution < 1.29 is 18.1 Å². The Kier molecular flexibility index (Phi) is 6.33. The molecule has 1 aliphatic heterocycles. The lowest BCUT2D eigenvalue weighted by atomic mass is 10.2. The highest BCUT2D eigenvalue weighted by Gasteiger charge is 2.30. The number of aryl methyl sites for hydroxylation is 2. The minimum absolute atomic E-state index is 0.0464. The van der Waals surface area contributed by atoms with E-state index in [9.17, 15) is 23.3 Å². The molecule has 2 aromatic rings. The topological polar surface area (TPSA) is 101 Å². The number of hydrogen-bond acceptors (Lipinski definition) is 5. The molecule has 9 heteroatoms. The first-order chi connectivity index (χ1) is 14.2. The molecule has 0 saturated carbocycles. The van der Waals surface area contributed by atoms with Crippen LogP contribution in [0.5, 0.6) is 0 Å². The molecule has 0 N–H and O–H groups in total. The first-order valence-electron chi connectivity index (χ1n) is 9.47. The van der Waals surface area contributed by atoms with E-state index in [1.54, 1.807) is 36.1 Å². The van der Waals surface area contributed by atoms with Crippen LogP contribution < -0.4 is 0 Å². The minimum Gasteiger partial charge on any atom is -0.337 e. The molecule has 158 valence electrons. The van der Waals surface area contributed by atoms with Gasteiger partial charge >= 0.3 is 0 Å². The Morgan fingerprint density at radius 2 is 1.77 bits per heavy atom. The van der Waals surface area contributed by atoms with Crippen molar-refractivity contribution in [3.05, 3.63) is 75.3 Å². The number of carbonyl (C=O) groups is 1. The summed E-state index contributed by atoms with van der Waals surface area (Å²) in [5.41, 5.74) is 2.07. The maximum Gasteiger partial charge on any atom is 0.270 e. The Labute approximate surface area is 175 Å². The summed E-state index contributed by atoms with van der Waals surface area (Å²) >= 11 is 0.